The zero-order valence-electron chi connectivity index (χ0n) is 14.9. The molecule has 25 heavy (non-hydrogen) atoms. The van der Waals surface area contributed by atoms with E-state index >= 15 is 0 Å². The van der Waals surface area contributed by atoms with E-state index in [1.807, 2.05) is 0 Å². The van der Waals surface area contributed by atoms with Crippen molar-refractivity contribution < 1.29 is 14.3 Å². The second kappa shape index (κ2) is 6.52. The van der Waals surface area contributed by atoms with Gasteiger partial charge < -0.3 is 19.8 Å². The smallest absolute Gasteiger partial charge is 0.261 e. The lowest BCUT2D eigenvalue weighted by molar-refractivity contribution is 0.0513. The van der Waals surface area contributed by atoms with Crippen LogP contribution in [-0.2, 0) is 18.4 Å². The van der Waals surface area contributed by atoms with Gasteiger partial charge in [-0.25, -0.2) is 0 Å². The minimum absolute atomic E-state index is 0.0117. The van der Waals surface area contributed by atoms with Crippen LogP contribution in [0.1, 0.15) is 58.5 Å². The average Bonchev–Trinajstić information content (AvgIpc) is 2.91. The highest BCUT2D eigenvalue weighted by Crippen LogP contribution is 2.26. The number of fused-ring (bicyclic) bond motifs is 1. The summed E-state index contributed by atoms with van der Waals surface area (Å²) in [7, 11) is 0. The first-order valence-corrected chi connectivity index (χ1v) is 8.61. The van der Waals surface area contributed by atoms with E-state index in [1.54, 1.807) is 32.9 Å². The van der Waals surface area contributed by atoms with Crippen molar-refractivity contribution in [1.29, 1.82) is 0 Å². The number of rotatable bonds is 4. The Balaban J connectivity index is 1.76. The summed E-state index contributed by atoms with van der Waals surface area (Å²) < 4.78 is 5.45. The Kier molecular flexibility index (Phi) is 4.56. The molecule has 2 heterocycles. The van der Waals surface area contributed by atoms with Gasteiger partial charge in [-0.1, -0.05) is 0 Å². The Morgan fingerprint density at radius 2 is 2.04 bits per heavy atom. The number of carbonyl (C=O) groups is 1. The van der Waals surface area contributed by atoms with Gasteiger partial charge in [0.05, 0.1) is 6.54 Å². The standard InChI is InChI=1S/C19H24N2O4/c1-11-8-15(12(2)25-11)19(3,24)10-20-17(22)14-9-13-6-4-5-7-16(13)21-18(14)23/h8-9,24H,4-7,10H2,1-3H3,(H,20,22)(H,21,23)/t19-/m1/s1. The number of aryl methyl sites for hydroxylation is 4. The van der Waals surface area contributed by atoms with Gasteiger partial charge in [0.2, 0.25) is 0 Å². The molecule has 0 fully saturated rings. The highest BCUT2D eigenvalue weighted by molar-refractivity contribution is 5.94. The number of aromatic amines is 1. The predicted molar refractivity (Wildman–Crippen MR) is 93.8 cm³/mol. The molecule has 0 aromatic carbocycles. The van der Waals surface area contributed by atoms with Gasteiger partial charge >= 0.3 is 0 Å². The lowest BCUT2D eigenvalue weighted by atomic mass is 9.94. The van der Waals surface area contributed by atoms with Crippen LogP contribution < -0.4 is 10.9 Å². The number of furan rings is 1. The Hall–Kier alpha value is -2.34. The summed E-state index contributed by atoms with van der Waals surface area (Å²) >= 11 is 0. The van der Waals surface area contributed by atoms with Gasteiger partial charge in [-0.05, 0) is 64.2 Å². The monoisotopic (exact) mass is 344 g/mol. The molecule has 0 aliphatic heterocycles. The van der Waals surface area contributed by atoms with E-state index < -0.39 is 11.5 Å². The van der Waals surface area contributed by atoms with Crippen LogP contribution in [0.15, 0.2) is 21.3 Å². The lowest BCUT2D eigenvalue weighted by Crippen LogP contribution is -2.40. The summed E-state index contributed by atoms with van der Waals surface area (Å²) in [4.78, 5) is 27.5. The number of aromatic nitrogens is 1. The SMILES string of the molecule is Cc1cc([C@](C)(O)CNC(=O)c2cc3c([nH]c2=O)CCCC3)c(C)o1. The van der Waals surface area contributed by atoms with E-state index in [2.05, 4.69) is 10.3 Å². The molecular weight excluding hydrogens is 320 g/mol. The average molecular weight is 344 g/mol. The van der Waals surface area contributed by atoms with Crippen LogP contribution in [0.25, 0.3) is 0 Å². The quantitative estimate of drug-likeness (QED) is 0.791. The number of hydrogen-bond acceptors (Lipinski definition) is 4. The predicted octanol–water partition coefficient (Wildman–Crippen LogP) is 2.10. The molecule has 0 saturated heterocycles. The Bertz CT molecular complexity index is 861. The number of hydrogen-bond donors (Lipinski definition) is 3. The number of nitrogens with one attached hydrogen (secondary N) is 2. The lowest BCUT2D eigenvalue weighted by Gasteiger charge is -2.23. The van der Waals surface area contributed by atoms with Crippen LogP contribution in [0.2, 0.25) is 0 Å². The first kappa shape index (κ1) is 17.5. The fourth-order valence-electron chi connectivity index (χ4n) is 3.45. The molecule has 2 aromatic rings. The molecule has 1 aliphatic carbocycles. The minimum atomic E-state index is -1.28. The van der Waals surface area contributed by atoms with Crippen molar-refractivity contribution >= 4 is 5.91 Å². The van der Waals surface area contributed by atoms with Crippen LogP contribution in [0.4, 0.5) is 0 Å². The van der Waals surface area contributed by atoms with Crippen molar-refractivity contribution in [3.05, 3.63) is 56.4 Å². The summed E-state index contributed by atoms with van der Waals surface area (Å²) in [6.45, 7) is 5.18. The second-order valence-electron chi connectivity index (χ2n) is 7.01. The third-order valence-corrected chi connectivity index (χ3v) is 4.80. The molecule has 0 unspecified atom stereocenters. The fourth-order valence-corrected chi connectivity index (χ4v) is 3.45. The van der Waals surface area contributed by atoms with Crippen LogP contribution in [-0.4, -0.2) is 22.5 Å². The molecule has 0 spiro atoms. The highest BCUT2D eigenvalue weighted by atomic mass is 16.3. The van der Waals surface area contributed by atoms with Gasteiger partial charge in [0.1, 0.15) is 22.7 Å². The van der Waals surface area contributed by atoms with Gasteiger partial charge in [-0.2, -0.15) is 0 Å². The summed E-state index contributed by atoms with van der Waals surface area (Å²) in [6, 6.07) is 3.44. The maximum Gasteiger partial charge on any atom is 0.261 e. The van der Waals surface area contributed by atoms with Crippen molar-refractivity contribution in [3.63, 3.8) is 0 Å². The Morgan fingerprint density at radius 3 is 2.72 bits per heavy atom. The van der Waals surface area contributed by atoms with Crippen LogP contribution >= 0.6 is 0 Å². The normalized spacial score (nSPS) is 16.2. The van der Waals surface area contributed by atoms with E-state index in [0.717, 1.165) is 36.9 Å². The summed E-state index contributed by atoms with van der Waals surface area (Å²) in [5.41, 5.74) is 1.03. The number of aliphatic hydroxyl groups is 1. The molecule has 2 aromatic heterocycles. The first-order chi connectivity index (χ1) is 11.8. The molecule has 3 N–H and O–H groups in total. The maximum absolute atomic E-state index is 12.5. The van der Waals surface area contributed by atoms with Crippen molar-refractivity contribution in [1.82, 2.24) is 10.3 Å². The van der Waals surface area contributed by atoms with Gasteiger partial charge in [0.25, 0.3) is 11.5 Å². The molecule has 1 amide bonds. The van der Waals surface area contributed by atoms with Crippen LogP contribution in [0.5, 0.6) is 0 Å². The molecule has 0 bridgehead atoms. The van der Waals surface area contributed by atoms with E-state index in [0.29, 0.717) is 17.1 Å². The molecular formula is C19H24N2O4. The van der Waals surface area contributed by atoms with E-state index in [-0.39, 0.29) is 17.7 Å². The number of pyridine rings is 1. The zero-order valence-corrected chi connectivity index (χ0v) is 14.9. The topological polar surface area (TPSA) is 95.3 Å². The van der Waals surface area contributed by atoms with Gasteiger partial charge in [0, 0.05) is 11.3 Å². The molecule has 6 nitrogen and oxygen atoms in total. The Morgan fingerprint density at radius 1 is 1.32 bits per heavy atom. The summed E-state index contributed by atoms with van der Waals surface area (Å²) in [5, 5.41) is 13.3. The molecule has 3 rings (SSSR count). The molecule has 1 atom stereocenters. The largest absolute Gasteiger partial charge is 0.466 e. The second-order valence-corrected chi connectivity index (χ2v) is 7.01. The molecule has 134 valence electrons. The first-order valence-electron chi connectivity index (χ1n) is 8.61. The van der Waals surface area contributed by atoms with Crippen molar-refractivity contribution in [2.45, 2.75) is 52.1 Å². The van der Waals surface area contributed by atoms with E-state index in [1.165, 1.54) is 0 Å². The minimum Gasteiger partial charge on any atom is -0.466 e. The molecule has 0 radical (unpaired) electrons. The molecule has 0 saturated carbocycles. The summed E-state index contributed by atoms with van der Waals surface area (Å²) in [6.07, 6.45) is 3.84. The number of carbonyl (C=O) groups excluding carboxylic acids is 1. The summed E-state index contributed by atoms with van der Waals surface area (Å²) in [5.74, 6) is 0.835. The third-order valence-electron chi connectivity index (χ3n) is 4.80. The highest BCUT2D eigenvalue weighted by Gasteiger charge is 2.29. The number of H-pyrrole nitrogens is 1. The van der Waals surface area contributed by atoms with Crippen LogP contribution in [0, 0.1) is 13.8 Å². The fraction of sp³-hybridized carbons (Fsp3) is 0.474. The maximum atomic E-state index is 12.5. The van der Waals surface area contributed by atoms with E-state index in [4.69, 9.17) is 4.42 Å². The van der Waals surface area contributed by atoms with Crippen molar-refractivity contribution in [3.8, 4) is 0 Å². The van der Waals surface area contributed by atoms with Crippen molar-refractivity contribution in [2.24, 2.45) is 0 Å². The van der Waals surface area contributed by atoms with Gasteiger partial charge in [0.15, 0.2) is 0 Å². The van der Waals surface area contributed by atoms with Gasteiger partial charge in [-0.15, -0.1) is 0 Å². The third kappa shape index (κ3) is 3.54. The van der Waals surface area contributed by atoms with Gasteiger partial charge in [-0.3, -0.25) is 9.59 Å². The molecule has 6 heteroatoms. The zero-order chi connectivity index (χ0) is 18.2. The van der Waals surface area contributed by atoms with E-state index in [9.17, 15) is 14.7 Å². The van der Waals surface area contributed by atoms with Crippen molar-refractivity contribution in [2.75, 3.05) is 6.54 Å². The Labute approximate surface area is 146 Å². The molecule has 1 aliphatic rings. The number of amides is 1. The van der Waals surface area contributed by atoms with Crippen LogP contribution in [0.3, 0.4) is 0 Å².